The van der Waals surface area contributed by atoms with Crippen molar-refractivity contribution in [2.75, 3.05) is 6.61 Å². The van der Waals surface area contributed by atoms with Gasteiger partial charge >= 0.3 is 0 Å². The number of rotatable bonds is 1. The summed E-state index contributed by atoms with van der Waals surface area (Å²) in [6.07, 6.45) is 5.30. The van der Waals surface area contributed by atoms with Crippen LogP contribution >= 0.6 is 11.3 Å². The van der Waals surface area contributed by atoms with Crippen LogP contribution in [0.5, 0.6) is 0 Å². The Bertz CT molecular complexity index is 366. The maximum absolute atomic E-state index is 6.03. The number of hydrogen-bond acceptors (Lipinski definition) is 2. The normalized spacial score (nSPS) is 35.0. The first kappa shape index (κ1) is 9.61. The molecule has 15 heavy (non-hydrogen) atoms. The van der Waals surface area contributed by atoms with Crippen molar-refractivity contribution in [3.8, 4) is 0 Å². The van der Waals surface area contributed by atoms with Gasteiger partial charge in [-0.1, -0.05) is 17.7 Å². The van der Waals surface area contributed by atoms with Crippen LogP contribution in [-0.4, -0.2) is 6.61 Å². The Morgan fingerprint density at radius 2 is 2.40 bits per heavy atom. The highest BCUT2D eigenvalue weighted by Crippen LogP contribution is 2.45. The van der Waals surface area contributed by atoms with E-state index in [1.165, 1.54) is 23.3 Å². The molecule has 80 valence electrons. The van der Waals surface area contributed by atoms with Gasteiger partial charge in [0, 0.05) is 10.8 Å². The lowest BCUT2D eigenvalue weighted by Crippen LogP contribution is -2.31. The number of allylic oxidation sites excluding steroid dienone is 1. The van der Waals surface area contributed by atoms with Gasteiger partial charge in [-0.25, -0.2) is 0 Å². The van der Waals surface area contributed by atoms with Crippen molar-refractivity contribution in [3.63, 3.8) is 0 Å². The highest BCUT2D eigenvalue weighted by atomic mass is 32.1. The fourth-order valence-electron chi connectivity index (χ4n) is 2.73. The summed E-state index contributed by atoms with van der Waals surface area (Å²) in [5, 5.41) is 2.15. The summed E-state index contributed by atoms with van der Waals surface area (Å²) >= 11 is 1.82. The van der Waals surface area contributed by atoms with Crippen LogP contribution in [0.4, 0.5) is 0 Å². The van der Waals surface area contributed by atoms with Gasteiger partial charge < -0.3 is 4.74 Å². The van der Waals surface area contributed by atoms with E-state index < -0.39 is 0 Å². The molecule has 0 N–H and O–H groups in total. The van der Waals surface area contributed by atoms with Crippen LogP contribution in [0.3, 0.4) is 0 Å². The van der Waals surface area contributed by atoms with E-state index in [9.17, 15) is 0 Å². The molecule has 1 aromatic heterocycles. The first-order chi connectivity index (χ1) is 7.34. The van der Waals surface area contributed by atoms with E-state index in [1.54, 1.807) is 0 Å². The zero-order valence-electron chi connectivity index (χ0n) is 8.98. The summed E-state index contributed by atoms with van der Waals surface area (Å²) in [6, 6.07) is 4.33. The van der Waals surface area contributed by atoms with Crippen molar-refractivity contribution in [1.82, 2.24) is 0 Å². The minimum absolute atomic E-state index is 0.331. The number of thiophene rings is 1. The predicted molar refractivity (Wildman–Crippen MR) is 63.0 cm³/mol. The first-order valence-electron chi connectivity index (χ1n) is 5.66. The molecule has 0 aromatic carbocycles. The third-order valence-electron chi connectivity index (χ3n) is 3.65. The third-order valence-corrected chi connectivity index (χ3v) is 4.58. The van der Waals surface area contributed by atoms with Gasteiger partial charge in [-0.2, -0.15) is 0 Å². The molecule has 2 heterocycles. The predicted octanol–water partition coefficient (Wildman–Crippen LogP) is 3.79. The number of ether oxygens (including phenoxy) is 1. The van der Waals surface area contributed by atoms with E-state index in [2.05, 4.69) is 30.5 Å². The van der Waals surface area contributed by atoms with Gasteiger partial charge in [-0.05, 0) is 37.1 Å². The minimum Gasteiger partial charge on any atom is -0.372 e. The molecule has 2 heteroatoms. The Hall–Kier alpha value is -0.600. The monoisotopic (exact) mass is 220 g/mol. The van der Waals surface area contributed by atoms with Crippen molar-refractivity contribution < 1.29 is 4.74 Å². The Kier molecular flexibility index (Phi) is 2.41. The molecule has 2 bridgehead atoms. The Morgan fingerprint density at radius 1 is 1.47 bits per heavy atom. The second-order valence-corrected chi connectivity index (χ2v) is 5.64. The average molecular weight is 220 g/mol. The summed E-state index contributed by atoms with van der Waals surface area (Å²) in [7, 11) is 0. The highest BCUT2D eigenvalue weighted by molar-refractivity contribution is 7.10. The minimum atomic E-state index is 0.331. The molecule has 1 aliphatic heterocycles. The fraction of sp³-hybridized carbons (Fsp3) is 0.538. The van der Waals surface area contributed by atoms with Crippen LogP contribution in [0, 0.1) is 11.8 Å². The first-order valence-corrected chi connectivity index (χ1v) is 6.54. The molecule has 3 atom stereocenters. The topological polar surface area (TPSA) is 9.23 Å². The number of hydrogen-bond donors (Lipinski definition) is 0. The summed E-state index contributed by atoms with van der Waals surface area (Å²) < 4.78 is 6.03. The van der Waals surface area contributed by atoms with Crippen molar-refractivity contribution in [2.45, 2.75) is 25.9 Å². The van der Waals surface area contributed by atoms with E-state index in [0.717, 1.165) is 12.5 Å². The lowest BCUT2D eigenvalue weighted by atomic mass is 9.76. The summed E-state index contributed by atoms with van der Waals surface area (Å²) in [6.45, 7) is 3.21. The maximum atomic E-state index is 6.03. The van der Waals surface area contributed by atoms with Crippen LogP contribution in [0.15, 0.2) is 29.2 Å². The molecular formula is C13H16OS. The van der Waals surface area contributed by atoms with Crippen LogP contribution in [0.1, 0.15) is 30.7 Å². The summed E-state index contributed by atoms with van der Waals surface area (Å²) in [4.78, 5) is 1.40. The van der Waals surface area contributed by atoms with E-state index in [1.807, 2.05) is 11.3 Å². The van der Waals surface area contributed by atoms with Crippen LogP contribution in [-0.2, 0) is 4.74 Å². The van der Waals surface area contributed by atoms with E-state index in [0.29, 0.717) is 12.0 Å². The Labute approximate surface area is 94.8 Å². The molecule has 1 aliphatic carbocycles. The fourth-order valence-corrected chi connectivity index (χ4v) is 3.57. The highest BCUT2D eigenvalue weighted by Gasteiger charge is 2.35. The van der Waals surface area contributed by atoms with E-state index in [4.69, 9.17) is 4.74 Å². The van der Waals surface area contributed by atoms with Gasteiger partial charge in [0.2, 0.25) is 0 Å². The summed E-state index contributed by atoms with van der Waals surface area (Å²) in [5.41, 5.74) is 1.53. The standard InChI is InChI=1S/C13H16OS/c1-9-4-5-10-7-11(9)13(14-8-10)12-3-2-6-15-12/h2-4,6,10-11,13H,5,7-8H2,1H3/t10-,11-,13+/m0/s1. The average Bonchev–Trinajstić information content (AvgIpc) is 2.77. The van der Waals surface area contributed by atoms with Crippen molar-refractivity contribution in [2.24, 2.45) is 11.8 Å². The molecule has 3 rings (SSSR count). The molecular weight excluding hydrogens is 204 g/mol. The summed E-state index contributed by atoms with van der Waals surface area (Å²) in [5.74, 6) is 1.41. The molecule has 2 aliphatic rings. The quantitative estimate of drug-likeness (QED) is 0.654. The zero-order chi connectivity index (χ0) is 10.3. The van der Waals surface area contributed by atoms with Gasteiger partial charge in [0.05, 0.1) is 12.7 Å². The molecule has 1 nitrogen and oxygen atoms in total. The van der Waals surface area contributed by atoms with Crippen LogP contribution < -0.4 is 0 Å². The van der Waals surface area contributed by atoms with Gasteiger partial charge in [0.1, 0.15) is 0 Å². The second kappa shape index (κ2) is 3.76. The maximum Gasteiger partial charge on any atom is 0.0981 e. The van der Waals surface area contributed by atoms with Crippen LogP contribution in [0.2, 0.25) is 0 Å². The SMILES string of the molecule is CC1=CC[C@@H]2CO[C@@H](c3cccs3)[C@H]1C2. The molecule has 0 radical (unpaired) electrons. The van der Waals surface area contributed by atoms with E-state index in [-0.39, 0.29) is 0 Å². The molecule has 0 spiro atoms. The third kappa shape index (κ3) is 1.66. The van der Waals surface area contributed by atoms with Crippen molar-refractivity contribution in [3.05, 3.63) is 34.0 Å². The largest absolute Gasteiger partial charge is 0.372 e. The molecule has 0 amide bonds. The Morgan fingerprint density at radius 3 is 3.20 bits per heavy atom. The molecule has 0 unspecified atom stereocenters. The smallest absolute Gasteiger partial charge is 0.0981 e. The second-order valence-electron chi connectivity index (χ2n) is 4.66. The van der Waals surface area contributed by atoms with Crippen molar-refractivity contribution >= 4 is 11.3 Å². The molecule has 0 saturated carbocycles. The zero-order valence-corrected chi connectivity index (χ0v) is 9.80. The van der Waals surface area contributed by atoms with Crippen molar-refractivity contribution in [1.29, 1.82) is 0 Å². The van der Waals surface area contributed by atoms with Gasteiger partial charge in [-0.3, -0.25) is 0 Å². The molecule has 1 fully saturated rings. The Balaban J connectivity index is 1.91. The lowest BCUT2D eigenvalue weighted by molar-refractivity contribution is -0.0493. The van der Waals surface area contributed by atoms with Gasteiger partial charge in [0.15, 0.2) is 0 Å². The number of fused-ring (bicyclic) bond motifs is 2. The lowest BCUT2D eigenvalue weighted by Gasteiger charge is -2.39. The van der Waals surface area contributed by atoms with Gasteiger partial charge in [0.25, 0.3) is 0 Å². The van der Waals surface area contributed by atoms with E-state index >= 15 is 0 Å². The molecule has 1 saturated heterocycles. The molecule has 1 aromatic rings. The van der Waals surface area contributed by atoms with Crippen LogP contribution in [0.25, 0.3) is 0 Å². The van der Waals surface area contributed by atoms with Gasteiger partial charge in [-0.15, -0.1) is 11.3 Å².